The Bertz CT molecular complexity index is 844. The summed E-state index contributed by atoms with van der Waals surface area (Å²) < 4.78 is 0. The molecule has 0 aromatic heterocycles. The summed E-state index contributed by atoms with van der Waals surface area (Å²) in [5, 5.41) is 2.85. The number of rotatable bonds is 4. The summed E-state index contributed by atoms with van der Waals surface area (Å²) in [4.78, 5) is 26.1. The molecule has 2 heterocycles. The van der Waals surface area contributed by atoms with Gasteiger partial charge in [-0.1, -0.05) is 30.3 Å². The molecule has 1 N–H and O–H groups in total. The number of para-hydroxylation sites is 1. The molecular weight excluding hydrogens is 312 g/mol. The van der Waals surface area contributed by atoms with Gasteiger partial charge in [0.15, 0.2) is 0 Å². The number of hydrogen-bond acceptors (Lipinski definition) is 2. The Morgan fingerprint density at radius 1 is 1.20 bits per heavy atom. The van der Waals surface area contributed by atoms with Crippen molar-refractivity contribution in [1.82, 2.24) is 0 Å². The smallest absolute Gasteiger partial charge is 0.228 e. The van der Waals surface area contributed by atoms with Crippen LogP contribution in [0.15, 0.2) is 42.5 Å². The molecule has 0 aliphatic carbocycles. The minimum absolute atomic E-state index is 0.0593. The molecule has 0 spiro atoms. The Labute approximate surface area is 147 Å². The number of benzene rings is 2. The molecule has 25 heavy (non-hydrogen) atoms. The predicted octanol–water partition coefficient (Wildman–Crippen LogP) is 3.48. The van der Waals surface area contributed by atoms with E-state index in [1.807, 2.05) is 35.2 Å². The summed E-state index contributed by atoms with van der Waals surface area (Å²) in [6.07, 6.45) is 3.63. The van der Waals surface area contributed by atoms with Crippen molar-refractivity contribution < 1.29 is 9.59 Å². The van der Waals surface area contributed by atoms with E-state index in [0.717, 1.165) is 36.2 Å². The van der Waals surface area contributed by atoms with Gasteiger partial charge in [-0.25, -0.2) is 0 Å². The van der Waals surface area contributed by atoms with Gasteiger partial charge >= 0.3 is 0 Å². The highest BCUT2D eigenvalue weighted by atomic mass is 16.2. The van der Waals surface area contributed by atoms with Crippen LogP contribution >= 0.6 is 0 Å². The maximum atomic E-state index is 12.7. The number of anilines is 2. The fraction of sp³-hybridized carbons (Fsp3) is 0.333. The van der Waals surface area contributed by atoms with E-state index in [2.05, 4.69) is 24.4 Å². The summed E-state index contributed by atoms with van der Waals surface area (Å²) in [5.74, 6) is 0.263. The van der Waals surface area contributed by atoms with E-state index >= 15 is 0 Å². The number of fused-ring (bicyclic) bond motifs is 2. The number of aryl methyl sites for hydroxylation is 1. The van der Waals surface area contributed by atoms with Gasteiger partial charge in [0.1, 0.15) is 0 Å². The van der Waals surface area contributed by atoms with Gasteiger partial charge in [0, 0.05) is 23.8 Å². The fourth-order valence-electron chi connectivity index (χ4n) is 3.95. The standard InChI is InChI=1S/C21H22N2O2/c1-14-11-16-6-2-3-7-19(16)23(14)21(25)8-4-5-15-9-10-18-17(12-15)13-20(24)22-18/h2-3,6-7,9-10,12,14H,4-5,8,11,13H2,1H3,(H,22,24)/t14-/m0/s1. The van der Waals surface area contributed by atoms with E-state index < -0.39 is 0 Å². The van der Waals surface area contributed by atoms with Crippen molar-refractivity contribution in [3.8, 4) is 0 Å². The Kier molecular flexibility index (Phi) is 4.04. The van der Waals surface area contributed by atoms with Gasteiger partial charge in [-0.15, -0.1) is 0 Å². The minimum atomic E-state index is 0.0593. The van der Waals surface area contributed by atoms with Crippen LogP contribution in [0.1, 0.15) is 36.5 Å². The molecule has 4 rings (SSSR count). The molecule has 2 aliphatic heterocycles. The number of nitrogens with one attached hydrogen (secondary N) is 1. The SMILES string of the molecule is C[C@H]1Cc2ccccc2N1C(=O)CCCc1ccc2c(c1)CC(=O)N2. The van der Waals surface area contributed by atoms with E-state index in [1.165, 1.54) is 11.1 Å². The van der Waals surface area contributed by atoms with E-state index in [0.29, 0.717) is 12.8 Å². The first-order valence-corrected chi connectivity index (χ1v) is 8.93. The monoisotopic (exact) mass is 334 g/mol. The molecule has 128 valence electrons. The average molecular weight is 334 g/mol. The van der Waals surface area contributed by atoms with Crippen LogP contribution in [0.25, 0.3) is 0 Å². The number of nitrogens with zero attached hydrogens (tertiary/aromatic N) is 1. The molecule has 2 aromatic carbocycles. The maximum Gasteiger partial charge on any atom is 0.228 e. The molecular formula is C21H22N2O2. The Morgan fingerprint density at radius 3 is 2.92 bits per heavy atom. The largest absolute Gasteiger partial charge is 0.326 e. The topological polar surface area (TPSA) is 49.4 Å². The summed E-state index contributed by atoms with van der Waals surface area (Å²) in [5.41, 5.74) is 5.52. The lowest BCUT2D eigenvalue weighted by molar-refractivity contribution is -0.119. The molecule has 0 unspecified atom stereocenters. The molecule has 2 aromatic rings. The Balaban J connectivity index is 1.37. The van der Waals surface area contributed by atoms with E-state index in [9.17, 15) is 9.59 Å². The third-order valence-corrected chi connectivity index (χ3v) is 5.13. The highest BCUT2D eigenvalue weighted by Crippen LogP contribution is 2.32. The van der Waals surface area contributed by atoms with Crippen LogP contribution in [-0.4, -0.2) is 17.9 Å². The van der Waals surface area contributed by atoms with Gasteiger partial charge in [0.2, 0.25) is 11.8 Å². The molecule has 0 fully saturated rings. The highest BCUT2D eigenvalue weighted by Gasteiger charge is 2.29. The molecule has 0 saturated carbocycles. The number of hydrogen-bond donors (Lipinski definition) is 1. The third kappa shape index (κ3) is 3.04. The van der Waals surface area contributed by atoms with Gasteiger partial charge in [0.25, 0.3) is 0 Å². The van der Waals surface area contributed by atoms with Crippen LogP contribution in [0, 0.1) is 0 Å². The lowest BCUT2D eigenvalue weighted by Crippen LogP contribution is -2.35. The zero-order chi connectivity index (χ0) is 17.4. The van der Waals surface area contributed by atoms with Crippen molar-refractivity contribution >= 4 is 23.2 Å². The fourth-order valence-corrected chi connectivity index (χ4v) is 3.95. The average Bonchev–Trinajstić information content (AvgIpc) is 3.12. The third-order valence-electron chi connectivity index (χ3n) is 5.13. The first-order chi connectivity index (χ1) is 12.1. The summed E-state index contributed by atoms with van der Waals surface area (Å²) in [7, 11) is 0. The van der Waals surface area contributed by atoms with Crippen molar-refractivity contribution in [1.29, 1.82) is 0 Å². The van der Waals surface area contributed by atoms with Crippen molar-refractivity contribution in [3.63, 3.8) is 0 Å². The highest BCUT2D eigenvalue weighted by molar-refractivity contribution is 5.99. The Morgan fingerprint density at radius 2 is 2.04 bits per heavy atom. The first kappa shape index (κ1) is 15.9. The van der Waals surface area contributed by atoms with Crippen LogP contribution in [0.4, 0.5) is 11.4 Å². The number of amides is 2. The number of carbonyl (C=O) groups excluding carboxylic acids is 2. The van der Waals surface area contributed by atoms with Crippen molar-refractivity contribution in [3.05, 3.63) is 59.2 Å². The van der Waals surface area contributed by atoms with Crippen LogP contribution in [0.3, 0.4) is 0 Å². The van der Waals surface area contributed by atoms with Gasteiger partial charge in [-0.05, 0) is 55.0 Å². The normalized spacial score (nSPS) is 18.0. The van der Waals surface area contributed by atoms with Crippen molar-refractivity contribution in [2.75, 3.05) is 10.2 Å². The number of carbonyl (C=O) groups is 2. The van der Waals surface area contributed by atoms with Crippen molar-refractivity contribution in [2.45, 2.75) is 45.1 Å². The second-order valence-electron chi connectivity index (χ2n) is 7.02. The summed E-state index contributed by atoms with van der Waals surface area (Å²) in [6, 6.07) is 14.5. The zero-order valence-corrected chi connectivity index (χ0v) is 14.4. The molecule has 0 bridgehead atoms. The van der Waals surface area contributed by atoms with Gasteiger partial charge < -0.3 is 10.2 Å². The predicted molar refractivity (Wildman–Crippen MR) is 98.8 cm³/mol. The summed E-state index contributed by atoms with van der Waals surface area (Å²) >= 11 is 0. The molecule has 0 radical (unpaired) electrons. The lowest BCUT2D eigenvalue weighted by atomic mass is 10.0. The van der Waals surface area contributed by atoms with Gasteiger partial charge in [-0.2, -0.15) is 0 Å². The van der Waals surface area contributed by atoms with Crippen molar-refractivity contribution in [2.24, 2.45) is 0 Å². The van der Waals surface area contributed by atoms with E-state index in [4.69, 9.17) is 0 Å². The minimum Gasteiger partial charge on any atom is -0.326 e. The molecule has 4 heteroatoms. The maximum absolute atomic E-state index is 12.7. The molecule has 1 atom stereocenters. The van der Waals surface area contributed by atoms with Crippen LogP contribution in [0.2, 0.25) is 0 Å². The second-order valence-corrected chi connectivity index (χ2v) is 7.02. The second kappa shape index (κ2) is 6.36. The molecule has 2 aliphatic rings. The Hall–Kier alpha value is -2.62. The quantitative estimate of drug-likeness (QED) is 0.930. The molecule has 4 nitrogen and oxygen atoms in total. The van der Waals surface area contributed by atoms with Crippen LogP contribution in [-0.2, 0) is 28.9 Å². The zero-order valence-electron chi connectivity index (χ0n) is 14.4. The summed E-state index contributed by atoms with van der Waals surface area (Å²) in [6.45, 7) is 2.11. The first-order valence-electron chi connectivity index (χ1n) is 8.93. The van der Waals surface area contributed by atoms with Crippen LogP contribution in [0.5, 0.6) is 0 Å². The van der Waals surface area contributed by atoms with Gasteiger partial charge in [-0.3, -0.25) is 9.59 Å². The molecule has 0 saturated heterocycles. The lowest BCUT2D eigenvalue weighted by Gasteiger charge is -2.22. The molecule has 2 amide bonds. The van der Waals surface area contributed by atoms with E-state index in [-0.39, 0.29) is 17.9 Å². The van der Waals surface area contributed by atoms with E-state index in [1.54, 1.807) is 0 Å². The van der Waals surface area contributed by atoms with Gasteiger partial charge in [0.05, 0.1) is 6.42 Å². The van der Waals surface area contributed by atoms with Crippen LogP contribution < -0.4 is 10.2 Å².